The molecule has 1 aromatic heterocycles. The third kappa shape index (κ3) is 9.02. The smallest absolute Gasteiger partial charge is 0.159 e. The van der Waals surface area contributed by atoms with E-state index in [-0.39, 0.29) is 5.75 Å². The number of furan rings is 1. The van der Waals surface area contributed by atoms with Crippen molar-refractivity contribution in [2.45, 2.75) is 117 Å². The van der Waals surface area contributed by atoms with Crippen LogP contribution in [0.2, 0.25) is 0 Å². The molecule has 0 saturated heterocycles. The van der Waals surface area contributed by atoms with Gasteiger partial charge in [0.25, 0.3) is 0 Å². The molecule has 2 saturated carbocycles. The molecule has 0 amide bonds. The van der Waals surface area contributed by atoms with E-state index >= 15 is 0 Å². The van der Waals surface area contributed by atoms with Crippen molar-refractivity contribution in [2.75, 3.05) is 9.80 Å². The zero-order valence-electron chi connectivity index (χ0n) is 50.4. The predicted octanol–water partition coefficient (Wildman–Crippen LogP) is 24.3. The number of fused-ring (bicyclic) bond motifs is 3. The molecule has 1 heterocycles. The number of phenolic OH excluding ortho intramolecular Hbond substituents is 1. The van der Waals surface area contributed by atoms with Gasteiger partial charge >= 0.3 is 0 Å². The van der Waals surface area contributed by atoms with Gasteiger partial charge in [0.15, 0.2) is 5.58 Å². The number of aromatic hydroxyl groups is 1. The summed E-state index contributed by atoms with van der Waals surface area (Å²) in [5, 5.41) is 23.1. The van der Waals surface area contributed by atoms with Gasteiger partial charge in [-0.05, 0) is 195 Å². The second-order valence-electron chi connectivity index (χ2n) is 25.5. The first-order valence-corrected chi connectivity index (χ1v) is 31.6. The van der Waals surface area contributed by atoms with E-state index in [1.807, 2.05) is 0 Å². The van der Waals surface area contributed by atoms with Crippen molar-refractivity contribution in [3.05, 3.63) is 246 Å². The molecule has 86 heavy (non-hydrogen) atoms. The van der Waals surface area contributed by atoms with E-state index in [0.717, 1.165) is 104 Å². The Balaban J connectivity index is 1.03. The van der Waals surface area contributed by atoms with Crippen LogP contribution in [-0.4, -0.2) is 5.11 Å². The zero-order valence-corrected chi connectivity index (χ0v) is 50.4. The summed E-state index contributed by atoms with van der Waals surface area (Å²) in [6.45, 7) is 13.5. The van der Waals surface area contributed by atoms with Crippen molar-refractivity contribution < 1.29 is 9.52 Å². The van der Waals surface area contributed by atoms with E-state index in [1.165, 1.54) is 103 Å². The monoisotopic (exact) mass is 1120 g/mol. The molecule has 13 aromatic rings. The summed E-state index contributed by atoms with van der Waals surface area (Å²) in [5.74, 6) is 1.69. The van der Waals surface area contributed by atoms with E-state index < -0.39 is 0 Å². The van der Waals surface area contributed by atoms with Crippen molar-refractivity contribution >= 4 is 88.4 Å². The van der Waals surface area contributed by atoms with Crippen LogP contribution in [0.25, 0.3) is 87.6 Å². The quantitative estimate of drug-likeness (QED) is 0.117. The minimum absolute atomic E-state index is 0.258. The van der Waals surface area contributed by atoms with Gasteiger partial charge in [0.05, 0.1) is 22.7 Å². The fourth-order valence-electron chi connectivity index (χ4n) is 15.2. The predicted molar refractivity (Wildman–Crippen MR) is 365 cm³/mol. The van der Waals surface area contributed by atoms with Gasteiger partial charge in [-0.2, -0.15) is 0 Å². The lowest BCUT2D eigenvalue weighted by molar-refractivity contribution is 0.478. The Labute approximate surface area is 506 Å². The first-order chi connectivity index (χ1) is 42.1. The molecular formula is C82H74N2O2. The maximum absolute atomic E-state index is 13.2. The van der Waals surface area contributed by atoms with Crippen LogP contribution in [0.3, 0.4) is 0 Å². The van der Waals surface area contributed by atoms with Crippen molar-refractivity contribution in [2.24, 2.45) is 0 Å². The summed E-state index contributed by atoms with van der Waals surface area (Å²) >= 11 is 0. The van der Waals surface area contributed by atoms with Crippen LogP contribution in [0.5, 0.6) is 5.75 Å². The number of phenols is 1. The second kappa shape index (κ2) is 21.7. The highest BCUT2D eigenvalue weighted by molar-refractivity contribution is 6.30. The highest BCUT2D eigenvalue weighted by atomic mass is 16.3. The van der Waals surface area contributed by atoms with E-state index in [4.69, 9.17) is 4.42 Å². The first kappa shape index (κ1) is 53.6. The van der Waals surface area contributed by atoms with Crippen molar-refractivity contribution in [1.29, 1.82) is 0 Å². The van der Waals surface area contributed by atoms with Crippen LogP contribution in [0.4, 0.5) is 34.1 Å². The third-order valence-electron chi connectivity index (χ3n) is 19.6. The van der Waals surface area contributed by atoms with Gasteiger partial charge in [-0.3, -0.25) is 0 Å². The lowest BCUT2D eigenvalue weighted by Crippen LogP contribution is -2.14. The number of rotatable bonds is 13. The number of benzene rings is 12. The summed E-state index contributed by atoms with van der Waals surface area (Å²) in [7, 11) is 0. The van der Waals surface area contributed by atoms with Crippen molar-refractivity contribution in [1.82, 2.24) is 0 Å². The van der Waals surface area contributed by atoms with Crippen LogP contribution < -0.4 is 9.80 Å². The first-order valence-electron chi connectivity index (χ1n) is 31.6. The van der Waals surface area contributed by atoms with Crippen LogP contribution in [0.1, 0.15) is 136 Å². The number of nitrogens with zero attached hydrogens (tertiary/aromatic N) is 2. The number of hydrogen-bond acceptors (Lipinski definition) is 4. The van der Waals surface area contributed by atoms with Gasteiger partial charge in [0, 0.05) is 44.0 Å². The largest absolute Gasteiger partial charge is 0.505 e. The van der Waals surface area contributed by atoms with Gasteiger partial charge < -0.3 is 19.3 Å². The van der Waals surface area contributed by atoms with Crippen LogP contribution >= 0.6 is 0 Å². The lowest BCUT2D eigenvalue weighted by atomic mass is 9.82. The topological polar surface area (TPSA) is 39.9 Å². The molecule has 4 nitrogen and oxygen atoms in total. The highest BCUT2D eigenvalue weighted by Crippen LogP contribution is 2.56. The molecule has 0 spiro atoms. The van der Waals surface area contributed by atoms with Crippen molar-refractivity contribution in [3.63, 3.8) is 0 Å². The Morgan fingerprint density at radius 1 is 0.372 bits per heavy atom. The Morgan fingerprint density at radius 2 is 0.814 bits per heavy atom. The minimum atomic E-state index is 0.258. The summed E-state index contributed by atoms with van der Waals surface area (Å²) in [4.78, 5) is 4.95. The molecule has 2 aliphatic rings. The molecule has 2 fully saturated rings. The van der Waals surface area contributed by atoms with Crippen molar-refractivity contribution in [3.8, 4) is 39.1 Å². The molecule has 4 heteroatoms. The molecule has 0 atom stereocenters. The molecular weight excluding hydrogens is 1040 g/mol. The van der Waals surface area contributed by atoms with E-state index in [2.05, 4.69) is 264 Å². The van der Waals surface area contributed by atoms with E-state index in [1.54, 1.807) is 0 Å². The number of anilines is 6. The molecule has 12 aromatic carbocycles. The molecule has 0 unspecified atom stereocenters. The number of aryl methyl sites for hydroxylation is 2. The molecule has 15 rings (SSSR count). The number of hydrogen-bond donors (Lipinski definition) is 1. The summed E-state index contributed by atoms with van der Waals surface area (Å²) in [5.41, 5.74) is 22.1. The molecule has 0 aliphatic heterocycles. The van der Waals surface area contributed by atoms with Gasteiger partial charge in [0.2, 0.25) is 0 Å². The second-order valence-corrected chi connectivity index (χ2v) is 25.5. The Morgan fingerprint density at radius 3 is 1.38 bits per heavy atom. The maximum Gasteiger partial charge on any atom is 0.159 e. The Hall–Kier alpha value is -9.12. The van der Waals surface area contributed by atoms with Crippen LogP contribution in [0, 0.1) is 13.8 Å². The summed E-state index contributed by atoms with van der Waals surface area (Å²) in [6, 6.07) is 78.9. The average Bonchev–Trinajstić information content (AvgIpc) is 0.841. The van der Waals surface area contributed by atoms with Gasteiger partial charge in [-0.15, -0.1) is 0 Å². The molecule has 0 bridgehead atoms. The zero-order chi connectivity index (χ0) is 58.3. The summed E-state index contributed by atoms with van der Waals surface area (Å²) < 4.78 is 7.41. The molecule has 0 radical (unpaired) electrons. The molecule has 1 N–H and O–H groups in total. The van der Waals surface area contributed by atoms with Gasteiger partial charge in [0.1, 0.15) is 11.3 Å². The summed E-state index contributed by atoms with van der Waals surface area (Å²) in [6.07, 6.45) is 9.50. The Bertz CT molecular complexity index is 4740. The third-order valence-corrected chi connectivity index (χ3v) is 19.6. The standard InChI is InChI=1S/C82H74N2O2/c1-50(2)56-27-16-31-60(46-56)83(74-39-19-35-64(80(74)85)59-30-15-29-58(45-59)62-33-13-7-21-52(62)5)76-48-72(54-23-9-10-24-54)65-42-44-71-77(49-73(55-25-11-12-26-55)66-41-43-70(76)78(65)79(66)71)84(61-32-17-28-57(47-61)51(3)4)75-40-20-38-69-68-37-18-36-67(81(68)86-82(69)75)63-34-14-8-22-53(63)6/h7-8,13-22,27-51,54-55,85H,9-12,23-26H2,1-6H3. The minimum Gasteiger partial charge on any atom is -0.505 e. The van der Waals surface area contributed by atoms with E-state index in [9.17, 15) is 5.11 Å². The van der Waals surface area contributed by atoms with Gasteiger partial charge in [-0.1, -0.05) is 211 Å². The SMILES string of the molecule is Cc1ccccc1-c1cccc(-c2cccc(N(c3cccc(C(C)C)c3)c3cc(C4CCCC4)c4ccc5c(N(c6cccc(C(C)C)c6)c6cccc7c6oc6c(-c8ccccc8C)cccc67)cc(C6CCCC6)c6ccc3c4c65)c2O)c1. The average molecular weight is 1120 g/mol. The maximum atomic E-state index is 13.2. The Kier molecular flexibility index (Phi) is 13.6. The molecule has 2 aliphatic carbocycles. The fraction of sp³-hybridized carbons (Fsp3) is 0.220. The van der Waals surface area contributed by atoms with Crippen LogP contribution in [0.15, 0.2) is 217 Å². The fourth-order valence-corrected chi connectivity index (χ4v) is 15.2. The normalized spacial score (nSPS) is 14.2. The van der Waals surface area contributed by atoms with Crippen LogP contribution in [-0.2, 0) is 0 Å². The number of para-hydroxylation sites is 3. The highest BCUT2D eigenvalue weighted by Gasteiger charge is 2.32. The van der Waals surface area contributed by atoms with E-state index in [0.29, 0.717) is 23.7 Å². The molecule has 424 valence electrons. The van der Waals surface area contributed by atoms with Gasteiger partial charge in [-0.25, -0.2) is 0 Å². The lowest BCUT2D eigenvalue weighted by Gasteiger charge is -2.32.